The highest BCUT2D eigenvalue weighted by atomic mass is 16.5. The van der Waals surface area contributed by atoms with E-state index < -0.39 is 0 Å². The molecule has 1 aromatic rings. The van der Waals surface area contributed by atoms with Crippen LogP contribution in [0, 0.1) is 0 Å². The Labute approximate surface area is 149 Å². The second kappa shape index (κ2) is 9.88. The van der Waals surface area contributed by atoms with Crippen molar-refractivity contribution in [1.82, 2.24) is 10.6 Å². The van der Waals surface area contributed by atoms with Crippen molar-refractivity contribution in [3.05, 3.63) is 23.8 Å². The molecule has 3 amide bonds. The standard InChI is InChI=1S/C18H28N4O3/c1-3-19-18(24)21-14-7-8-16(22-10-4-5-11-22)15(13-14)17(23)20-9-6-12-25-2/h7-8,13H,3-6,9-12H2,1-2H3,(H,20,23)(H2,19,21,24). The number of hydrogen-bond acceptors (Lipinski definition) is 4. The van der Waals surface area contributed by atoms with Crippen molar-refractivity contribution < 1.29 is 14.3 Å². The molecule has 7 heteroatoms. The van der Waals surface area contributed by atoms with Crippen LogP contribution in [-0.4, -0.2) is 51.8 Å². The van der Waals surface area contributed by atoms with E-state index in [0.717, 1.165) is 38.0 Å². The minimum atomic E-state index is -0.275. The maximum Gasteiger partial charge on any atom is 0.319 e. The largest absolute Gasteiger partial charge is 0.385 e. The Morgan fingerprint density at radius 1 is 1.20 bits per heavy atom. The summed E-state index contributed by atoms with van der Waals surface area (Å²) >= 11 is 0. The lowest BCUT2D eigenvalue weighted by Crippen LogP contribution is -2.30. The van der Waals surface area contributed by atoms with Crippen molar-refractivity contribution in [3.8, 4) is 0 Å². The first-order valence-electron chi connectivity index (χ1n) is 8.86. The smallest absolute Gasteiger partial charge is 0.319 e. The van der Waals surface area contributed by atoms with Gasteiger partial charge in [-0.3, -0.25) is 4.79 Å². The zero-order valence-electron chi connectivity index (χ0n) is 15.1. The van der Waals surface area contributed by atoms with E-state index in [0.29, 0.717) is 30.9 Å². The number of nitrogens with zero attached hydrogens (tertiary/aromatic N) is 1. The highest BCUT2D eigenvalue weighted by Gasteiger charge is 2.20. The summed E-state index contributed by atoms with van der Waals surface area (Å²) in [6.45, 7) is 5.47. The molecule has 7 nitrogen and oxygen atoms in total. The second-order valence-electron chi connectivity index (χ2n) is 6.01. The molecule has 0 aromatic heterocycles. The molecule has 0 atom stereocenters. The van der Waals surface area contributed by atoms with Gasteiger partial charge in [-0.15, -0.1) is 0 Å². The molecule has 138 valence electrons. The van der Waals surface area contributed by atoms with Gasteiger partial charge in [-0.1, -0.05) is 0 Å². The molecule has 1 aliphatic rings. The molecular formula is C18H28N4O3. The number of nitrogens with one attached hydrogen (secondary N) is 3. The highest BCUT2D eigenvalue weighted by molar-refractivity contribution is 6.02. The molecule has 1 fully saturated rings. The van der Waals surface area contributed by atoms with Crippen LogP contribution in [0.5, 0.6) is 0 Å². The molecule has 1 aromatic carbocycles. The zero-order valence-corrected chi connectivity index (χ0v) is 15.1. The molecule has 1 heterocycles. The maximum atomic E-state index is 12.6. The van der Waals surface area contributed by atoms with Crippen LogP contribution in [-0.2, 0) is 4.74 Å². The summed E-state index contributed by atoms with van der Waals surface area (Å²) in [5.41, 5.74) is 2.12. The SMILES string of the molecule is CCNC(=O)Nc1ccc(N2CCCC2)c(C(=O)NCCCOC)c1. The lowest BCUT2D eigenvalue weighted by molar-refractivity contribution is 0.0949. The van der Waals surface area contributed by atoms with Gasteiger partial charge in [0.15, 0.2) is 0 Å². The number of amides is 3. The number of rotatable bonds is 8. The van der Waals surface area contributed by atoms with E-state index in [4.69, 9.17) is 4.74 Å². The third-order valence-corrected chi connectivity index (χ3v) is 4.09. The molecule has 0 saturated carbocycles. The monoisotopic (exact) mass is 348 g/mol. The highest BCUT2D eigenvalue weighted by Crippen LogP contribution is 2.27. The van der Waals surface area contributed by atoms with Crippen molar-refractivity contribution in [2.24, 2.45) is 0 Å². The number of carbonyl (C=O) groups excluding carboxylic acids is 2. The number of ether oxygens (including phenoxy) is 1. The Morgan fingerprint density at radius 2 is 1.96 bits per heavy atom. The lowest BCUT2D eigenvalue weighted by atomic mass is 10.1. The molecule has 0 spiro atoms. The van der Waals surface area contributed by atoms with Crippen LogP contribution in [0.25, 0.3) is 0 Å². The van der Waals surface area contributed by atoms with Crippen LogP contribution >= 0.6 is 0 Å². The van der Waals surface area contributed by atoms with Gasteiger partial charge in [-0.05, 0) is 44.4 Å². The van der Waals surface area contributed by atoms with Crippen LogP contribution in [0.1, 0.15) is 36.5 Å². The Balaban J connectivity index is 2.15. The van der Waals surface area contributed by atoms with Gasteiger partial charge < -0.3 is 25.6 Å². The van der Waals surface area contributed by atoms with Gasteiger partial charge in [0.25, 0.3) is 5.91 Å². The average Bonchev–Trinajstić information content (AvgIpc) is 3.13. The topological polar surface area (TPSA) is 82.7 Å². The summed E-state index contributed by atoms with van der Waals surface area (Å²) in [5, 5.41) is 8.38. The normalized spacial score (nSPS) is 13.6. The van der Waals surface area contributed by atoms with Gasteiger partial charge in [0.2, 0.25) is 0 Å². The van der Waals surface area contributed by atoms with Crippen molar-refractivity contribution in [3.63, 3.8) is 0 Å². The summed E-state index contributed by atoms with van der Waals surface area (Å²) in [4.78, 5) is 26.6. The molecule has 0 aliphatic carbocycles. The number of urea groups is 1. The lowest BCUT2D eigenvalue weighted by Gasteiger charge is -2.22. The maximum absolute atomic E-state index is 12.6. The number of methoxy groups -OCH3 is 1. The molecule has 1 aliphatic heterocycles. The molecule has 0 radical (unpaired) electrons. The average molecular weight is 348 g/mol. The van der Waals surface area contributed by atoms with Crippen molar-refractivity contribution in [2.75, 3.05) is 50.1 Å². The minimum Gasteiger partial charge on any atom is -0.385 e. The summed E-state index contributed by atoms with van der Waals surface area (Å²) in [7, 11) is 1.64. The Bertz CT molecular complexity index is 586. The van der Waals surface area contributed by atoms with Crippen molar-refractivity contribution in [1.29, 1.82) is 0 Å². The molecule has 25 heavy (non-hydrogen) atoms. The Morgan fingerprint density at radius 3 is 2.64 bits per heavy atom. The van der Waals surface area contributed by atoms with E-state index in [-0.39, 0.29) is 11.9 Å². The van der Waals surface area contributed by atoms with Gasteiger partial charge in [0.1, 0.15) is 0 Å². The minimum absolute atomic E-state index is 0.127. The van der Waals surface area contributed by atoms with Gasteiger partial charge in [-0.25, -0.2) is 4.79 Å². The van der Waals surface area contributed by atoms with E-state index in [1.54, 1.807) is 13.2 Å². The molecule has 2 rings (SSSR count). The van der Waals surface area contributed by atoms with Crippen LogP contribution < -0.4 is 20.9 Å². The van der Waals surface area contributed by atoms with Crippen LogP contribution in [0.2, 0.25) is 0 Å². The summed E-state index contributed by atoms with van der Waals surface area (Å²) in [6.07, 6.45) is 3.03. The number of hydrogen-bond donors (Lipinski definition) is 3. The van der Waals surface area contributed by atoms with Gasteiger partial charge in [-0.2, -0.15) is 0 Å². The molecule has 0 unspecified atom stereocenters. The fourth-order valence-corrected chi connectivity index (χ4v) is 2.88. The Kier molecular flexibility index (Phi) is 7.53. The summed E-state index contributed by atoms with van der Waals surface area (Å²) in [5.74, 6) is -0.127. The third kappa shape index (κ3) is 5.63. The fourth-order valence-electron chi connectivity index (χ4n) is 2.88. The second-order valence-corrected chi connectivity index (χ2v) is 6.01. The molecular weight excluding hydrogens is 320 g/mol. The number of anilines is 2. The van der Waals surface area contributed by atoms with Gasteiger partial charge in [0, 0.05) is 51.3 Å². The first-order chi connectivity index (χ1) is 12.2. The summed E-state index contributed by atoms with van der Waals surface area (Å²) in [6, 6.07) is 5.22. The van der Waals surface area contributed by atoms with Crippen LogP contribution in [0.3, 0.4) is 0 Å². The molecule has 0 bridgehead atoms. The van der Waals surface area contributed by atoms with Crippen molar-refractivity contribution >= 4 is 23.3 Å². The van der Waals surface area contributed by atoms with Crippen molar-refractivity contribution in [2.45, 2.75) is 26.2 Å². The van der Waals surface area contributed by atoms with E-state index in [2.05, 4.69) is 20.9 Å². The predicted octanol–water partition coefficient (Wildman–Crippen LogP) is 2.19. The number of benzene rings is 1. The zero-order chi connectivity index (χ0) is 18.1. The fraction of sp³-hybridized carbons (Fsp3) is 0.556. The van der Waals surface area contributed by atoms with E-state index in [1.165, 1.54) is 0 Å². The first-order valence-corrected chi connectivity index (χ1v) is 8.86. The van der Waals surface area contributed by atoms with E-state index in [9.17, 15) is 9.59 Å². The first kappa shape index (κ1) is 19.1. The predicted molar refractivity (Wildman–Crippen MR) is 99.4 cm³/mol. The number of carbonyl (C=O) groups is 2. The Hall–Kier alpha value is -2.28. The van der Waals surface area contributed by atoms with E-state index in [1.807, 2.05) is 19.1 Å². The summed E-state index contributed by atoms with van der Waals surface area (Å²) < 4.78 is 5.01. The van der Waals surface area contributed by atoms with E-state index >= 15 is 0 Å². The third-order valence-electron chi connectivity index (χ3n) is 4.09. The van der Waals surface area contributed by atoms with Gasteiger partial charge >= 0.3 is 6.03 Å². The van der Waals surface area contributed by atoms with Crippen LogP contribution in [0.15, 0.2) is 18.2 Å². The molecule has 3 N–H and O–H groups in total. The molecule has 1 saturated heterocycles. The quantitative estimate of drug-likeness (QED) is 0.629. The van der Waals surface area contributed by atoms with Crippen LogP contribution in [0.4, 0.5) is 16.2 Å². The van der Waals surface area contributed by atoms with Gasteiger partial charge in [0.05, 0.1) is 5.56 Å².